The zero-order chi connectivity index (χ0) is 14.5. The van der Waals surface area contributed by atoms with Crippen LogP contribution in [0.2, 0.25) is 5.02 Å². The van der Waals surface area contributed by atoms with E-state index in [4.69, 9.17) is 11.6 Å². The van der Waals surface area contributed by atoms with Crippen molar-refractivity contribution < 1.29 is 4.79 Å². The molecular formula is C16H19ClN2O. The summed E-state index contributed by atoms with van der Waals surface area (Å²) >= 11 is 6.09. The predicted molar refractivity (Wildman–Crippen MR) is 81.1 cm³/mol. The van der Waals surface area contributed by atoms with Gasteiger partial charge in [0.15, 0.2) is 0 Å². The highest BCUT2D eigenvalue weighted by atomic mass is 35.5. The van der Waals surface area contributed by atoms with Gasteiger partial charge in [-0.15, -0.1) is 0 Å². The first-order valence-electron chi connectivity index (χ1n) is 6.94. The number of Topliss-reactive ketones (excluding diaryl/α,β-unsaturated/α-hetero) is 1. The maximum atomic E-state index is 12.2. The van der Waals surface area contributed by atoms with E-state index in [1.807, 2.05) is 41.9 Å². The average molecular weight is 291 g/mol. The number of ketones is 1. The molecule has 0 atom stereocenters. The monoisotopic (exact) mass is 290 g/mol. The number of halogens is 1. The normalized spacial score (nSPS) is 10.8. The molecular weight excluding hydrogens is 272 g/mol. The number of nitrogens with zero attached hydrogens (tertiary/aromatic N) is 2. The maximum absolute atomic E-state index is 12.2. The van der Waals surface area contributed by atoms with Crippen LogP contribution in [0.5, 0.6) is 0 Å². The Labute approximate surface area is 124 Å². The Morgan fingerprint density at radius 2 is 2.00 bits per heavy atom. The van der Waals surface area contributed by atoms with E-state index >= 15 is 0 Å². The number of carbonyl (C=O) groups is 1. The lowest BCUT2D eigenvalue weighted by Crippen LogP contribution is -2.11. The smallest absolute Gasteiger partial charge is 0.143 e. The SMILES string of the molecule is CCc1cc(CC(=O)Cc2ccccc2Cl)n(CC)n1. The van der Waals surface area contributed by atoms with Crippen LogP contribution in [0.4, 0.5) is 0 Å². The predicted octanol–water partition coefficient (Wildman–Crippen LogP) is 3.47. The first-order valence-corrected chi connectivity index (χ1v) is 7.32. The van der Waals surface area contributed by atoms with Crippen LogP contribution >= 0.6 is 11.6 Å². The topological polar surface area (TPSA) is 34.9 Å². The molecule has 1 aromatic carbocycles. The molecule has 0 saturated carbocycles. The van der Waals surface area contributed by atoms with E-state index in [0.717, 1.165) is 29.9 Å². The minimum atomic E-state index is 0.162. The zero-order valence-corrected chi connectivity index (χ0v) is 12.7. The van der Waals surface area contributed by atoms with Crippen molar-refractivity contribution in [2.75, 3.05) is 0 Å². The van der Waals surface area contributed by atoms with Crippen LogP contribution < -0.4 is 0 Å². The highest BCUT2D eigenvalue weighted by Crippen LogP contribution is 2.16. The maximum Gasteiger partial charge on any atom is 0.143 e. The molecule has 0 aliphatic rings. The third-order valence-corrected chi connectivity index (χ3v) is 3.67. The fraction of sp³-hybridized carbons (Fsp3) is 0.375. The van der Waals surface area contributed by atoms with E-state index in [1.54, 1.807) is 0 Å². The van der Waals surface area contributed by atoms with E-state index in [-0.39, 0.29) is 5.78 Å². The number of aromatic nitrogens is 2. The molecule has 4 heteroatoms. The van der Waals surface area contributed by atoms with Crippen molar-refractivity contribution in [2.24, 2.45) is 0 Å². The number of benzene rings is 1. The number of carbonyl (C=O) groups excluding carboxylic acids is 1. The van der Waals surface area contributed by atoms with Gasteiger partial charge in [-0.1, -0.05) is 36.7 Å². The van der Waals surface area contributed by atoms with Gasteiger partial charge in [0.05, 0.1) is 5.69 Å². The molecule has 0 unspecified atom stereocenters. The van der Waals surface area contributed by atoms with Gasteiger partial charge in [0.25, 0.3) is 0 Å². The summed E-state index contributed by atoms with van der Waals surface area (Å²) in [6.07, 6.45) is 1.67. The van der Waals surface area contributed by atoms with Crippen molar-refractivity contribution >= 4 is 17.4 Å². The Bertz CT molecular complexity index is 604. The summed E-state index contributed by atoms with van der Waals surface area (Å²) in [5, 5.41) is 5.12. The summed E-state index contributed by atoms with van der Waals surface area (Å²) in [4.78, 5) is 12.2. The molecule has 0 amide bonds. The van der Waals surface area contributed by atoms with Crippen molar-refractivity contribution in [3.63, 3.8) is 0 Å². The van der Waals surface area contributed by atoms with Gasteiger partial charge in [-0.05, 0) is 31.0 Å². The summed E-state index contributed by atoms with van der Waals surface area (Å²) in [5.41, 5.74) is 2.91. The van der Waals surface area contributed by atoms with Gasteiger partial charge < -0.3 is 0 Å². The van der Waals surface area contributed by atoms with E-state index in [1.165, 1.54) is 0 Å². The van der Waals surface area contributed by atoms with Crippen LogP contribution in [0.3, 0.4) is 0 Å². The number of hydrogen-bond acceptors (Lipinski definition) is 2. The summed E-state index contributed by atoms with van der Waals surface area (Å²) in [6.45, 7) is 4.89. The molecule has 106 valence electrons. The second kappa shape index (κ2) is 6.71. The second-order valence-electron chi connectivity index (χ2n) is 4.78. The molecule has 0 saturated heterocycles. The zero-order valence-electron chi connectivity index (χ0n) is 11.9. The summed E-state index contributed by atoms with van der Waals surface area (Å²) in [6, 6.07) is 9.51. The second-order valence-corrected chi connectivity index (χ2v) is 5.19. The van der Waals surface area contributed by atoms with E-state index < -0.39 is 0 Å². The van der Waals surface area contributed by atoms with Crippen LogP contribution in [0.25, 0.3) is 0 Å². The standard InChI is InChI=1S/C16H19ClN2O/c1-3-13-10-14(19(4-2)18-13)11-15(20)9-12-7-5-6-8-16(12)17/h5-8,10H,3-4,9,11H2,1-2H3. The third-order valence-electron chi connectivity index (χ3n) is 3.30. The molecule has 0 aliphatic carbocycles. The van der Waals surface area contributed by atoms with E-state index in [9.17, 15) is 4.79 Å². The molecule has 20 heavy (non-hydrogen) atoms. The quantitative estimate of drug-likeness (QED) is 0.816. The van der Waals surface area contributed by atoms with Gasteiger partial charge in [-0.25, -0.2) is 0 Å². The molecule has 1 aromatic heterocycles. The molecule has 1 heterocycles. The molecule has 0 bridgehead atoms. The van der Waals surface area contributed by atoms with Gasteiger partial charge in [0, 0.05) is 30.1 Å². The van der Waals surface area contributed by atoms with E-state index in [0.29, 0.717) is 17.9 Å². The Balaban J connectivity index is 2.08. The van der Waals surface area contributed by atoms with Gasteiger partial charge in [0.2, 0.25) is 0 Å². The average Bonchev–Trinajstić information content (AvgIpc) is 2.83. The molecule has 3 nitrogen and oxygen atoms in total. The number of rotatable bonds is 6. The lowest BCUT2D eigenvalue weighted by Gasteiger charge is -2.05. The van der Waals surface area contributed by atoms with Crippen LogP contribution in [0.1, 0.15) is 30.8 Å². The lowest BCUT2D eigenvalue weighted by atomic mass is 10.1. The lowest BCUT2D eigenvalue weighted by molar-refractivity contribution is -0.117. The number of aryl methyl sites for hydroxylation is 2. The van der Waals surface area contributed by atoms with Crippen molar-refractivity contribution in [3.05, 3.63) is 52.3 Å². The summed E-state index contributed by atoms with van der Waals surface area (Å²) < 4.78 is 1.91. The van der Waals surface area contributed by atoms with Gasteiger partial charge >= 0.3 is 0 Å². The Morgan fingerprint density at radius 1 is 1.25 bits per heavy atom. The molecule has 2 aromatic rings. The van der Waals surface area contributed by atoms with Crippen molar-refractivity contribution in [2.45, 2.75) is 39.7 Å². The third kappa shape index (κ3) is 3.48. The molecule has 0 aliphatic heterocycles. The first kappa shape index (κ1) is 14.8. The van der Waals surface area contributed by atoms with Crippen LogP contribution in [-0.2, 0) is 30.6 Å². The minimum Gasteiger partial charge on any atom is -0.299 e. The molecule has 0 spiro atoms. The summed E-state index contributed by atoms with van der Waals surface area (Å²) in [7, 11) is 0. The highest BCUT2D eigenvalue weighted by molar-refractivity contribution is 6.31. The molecule has 0 radical (unpaired) electrons. The fourth-order valence-electron chi connectivity index (χ4n) is 2.22. The van der Waals surface area contributed by atoms with Crippen molar-refractivity contribution in [1.82, 2.24) is 9.78 Å². The van der Waals surface area contributed by atoms with Crippen molar-refractivity contribution in [3.8, 4) is 0 Å². The fourth-order valence-corrected chi connectivity index (χ4v) is 2.43. The van der Waals surface area contributed by atoms with E-state index in [2.05, 4.69) is 12.0 Å². The van der Waals surface area contributed by atoms with Crippen LogP contribution in [-0.4, -0.2) is 15.6 Å². The minimum absolute atomic E-state index is 0.162. The summed E-state index contributed by atoms with van der Waals surface area (Å²) in [5.74, 6) is 0.162. The first-order chi connectivity index (χ1) is 9.63. The molecule has 0 N–H and O–H groups in total. The largest absolute Gasteiger partial charge is 0.299 e. The van der Waals surface area contributed by atoms with Crippen LogP contribution in [0.15, 0.2) is 30.3 Å². The molecule has 0 fully saturated rings. The van der Waals surface area contributed by atoms with Crippen molar-refractivity contribution in [1.29, 1.82) is 0 Å². The Morgan fingerprint density at radius 3 is 2.65 bits per heavy atom. The highest BCUT2D eigenvalue weighted by Gasteiger charge is 2.12. The molecule has 2 rings (SSSR count). The van der Waals surface area contributed by atoms with Gasteiger partial charge in [-0.2, -0.15) is 5.10 Å². The van der Waals surface area contributed by atoms with Gasteiger partial charge in [0.1, 0.15) is 5.78 Å². The Hall–Kier alpha value is -1.61. The van der Waals surface area contributed by atoms with Gasteiger partial charge in [-0.3, -0.25) is 9.48 Å². The van der Waals surface area contributed by atoms with Crippen LogP contribution in [0, 0.1) is 0 Å². The Kier molecular flexibility index (Phi) is 4.96. The number of hydrogen-bond donors (Lipinski definition) is 0.